The monoisotopic (exact) mass is 254 g/mol. The molecule has 1 aliphatic carbocycles. The standard InChI is InChI=1S/C12H18N2O4/c15-10-7-9(13-6-5-11(16)17)12(18)14(10)8-3-1-2-4-8/h8-9,13H,1-7H2,(H,16,17). The van der Waals surface area contributed by atoms with E-state index in [2.05, 4.69) is 5.32 Å². The summed E-state index contributed by atoms with van der Waals surface area (Å²) in [5.74, 6) is -1.22. The first kappa shape index (κ1) is 13.0. The van der Waals surface area contributed by atoms with Crippen molar-refractivity contribution in [3.63, 3.8) is 0 Å². The van der Waals surface area contributed by atoms with Crippen LogP contribution in [0.15, 0.2) is 0 Å². The molecule has 0 spiro atoms. The molecule has 6 heteroatoms. The SMILES string of the molecule is O=C(O)CCNC1CC(=O)N(C2CCCC2)C1=O. The maximum atomic E-state index is 12.1. The topological polar surface area (TPSA) is 86.7 Å². The van der Waals surface area contributed by atoms with Crippen molar-refractivity contribution in [2.24, 2.45) is 0 Å². The fourth-order valence-corrected chi connectivity index (χ4v) is 2.71. The highest BCUT2D eigenvalue weighted by Crippen LogP contribution is 2.28. The molecule has 1 aliphatic heterocycles. The molecule has 1 heterocycles. The maximum Gasteiger partial charge on any atom is 0.304 e. The van der Waals surface area contributed by atoms with Gasteiger partial charge in [-0.15, -0.1) is 0 Å². The van der Waals surface area contributed by atoms with Crippen molar-refractivity contribution in [2.75, 3.05) is 6.54 Å². The van der Waals surface area contributed by atoms with E-state index in [1.54, 1.807) is 0 Å². The van der Waals surface area contributed by atoms with E-state index in [1.807, 2.05) is 0 Å². The van der Waals surface area contributed by atoms with Crippen molar-refractivity contribution in [1.82, 2.24) is 10.2 Å². The number of carbonyl (C=O) groups is 3. The summed E-state index contributed by atoms with van der Waals surface area (Å²) >= 11 is 0. The zero-order valence-electron chi connectivity index (χ0n) is 10.2. The number of likely N-dealkylation sites (tertiary alicyclic amines) is 1. The number of nitrogens with zero attached hydrogens (tertiary/aromatic N) is 1. The Morgan fingerprint density at radius 1 is 1.33 bits per heavy atom. The van der Waals surface area contributed by atoms with Crippen LogP contribution in [0.3, 0.4) is 0 Å². The quantitative estimate of drug-likeness (QED) is 0.680. The van der Waals surface area contributed by atoms with Gasteiger partial charge >= 0.3 is 5.97 Å². The zero-order valence-corrected chi connectivity index (χ0v) is 10.2. The Bertz CT molecular complexity index is 363. The summed E-state index contributed by atoms with van der Waals surface area (Å²) in [5.41, 5.74) is 0. The van der Waals surface area contributed by atoms with Gasteiger partial charge in [-0.3, -0.25) is 19.3 Å². The third-order valence-electron chi connectivity index (χ3n) is 3.60. The minimum atomic E-state index is -0.910. The summed E-state index contributed by atoms with van der Waals surface area (Å²) in [5, 5.41) is 11.4. The third-order valence-corrected chi connectivity index (χ3v) is 3.60. The van der Waals surface area contributed by atoms with Gasteiger partial charge in [-0.2, -0.15) is 0 Å². The number of carboxylic acids is 1. The number of aliphatic carboxylic acids is 1. The fourth-order valence-electron chi connectivity index (χ4n) is 2.71. The Kier molecular flexibility index (Phi) is 3.96. The van der Waals surface area contributed by atoms with Crippen molar-refractivity contribution >= 4 is 17.8 Å². The molecule has 1 saturated heterocycles. The van der Waals surface area contributed by atoms with Crippen LogP contribution in [0.5, 0.6) is 0 Å². The molecule has 2 fully saturated rings. The highest BCUT2D eigenvalue weighted by atomic mass is 16.4. The Morgan fingerprint density at radius 3 is 2.61 bits per heavy atom. The predicted molar refractivity (Wildman–Crippen MR) is 62.8 cm³/mol. The fraction of sp³-hybridized carbons (Fsp3) is 0.750. The molecule has 0 aromatic carbocycles. The molecule has 1 unspecified atom stereocenters. The van der Waals surface area contributed by atoms with Gasteiger partial charge in [-0.1, -0.05) is 12.8 Å². The maximum absolute atomic E-state index is 12.1. The number of hydrogen-bond acceptors (Lipinski definition) is 4. The van der Waals surface area contributed by atoms with E-state index in [0.717, 1.165) is 25.7 Å². The first-order chi connectivity index (χ1) is 8.59. The van der Waals surface area contributed by atoms with E-state index in [4.69, 9.17) is 5.11 Å². The van der Waals surface area contributed by atoms with Crippen LogP contribution in [0.4, 0.5) is 0 Å². The number of carboxylic acid groups (broad SMARTS) is 1. The molecular weight excluding hydrogens is 236 g/mol. The Balaban J connectivity index is 1.89. The lowest BCUT2D eigenvalue weighted by molar-refractivity contribution is -0.142. The summed E-state index contributed by atoms with van der Waals surface area (Å²) < 4.78 is 0. The van der Waals surface area contributed by atoms with Gasteiger partial charge in [0, 0.05) is 12.6 Å². The van der Waals surface area contributed by atoms with Crippen LogP contribution in [-0.4, -0.2) is 46.4 Å². The highest BCUT2D eigenvalue weighted by molar-refractivity contribution is 6.05. The lowest BCUT2D eigenvalue weighted by Gasteiger charge is -2.22. The van der Waals surface area contributed by atoms with Gasteiger partial charge in [0.1, 0.15) is 0 Å². The first-order valence-electron chi connectivity index (χ1n) is 6.40. The van der Waals surface area contributed by atoms with E-state index >= 15 is 0 Å². The second-order valence-corrected chi connectivity index (χ2v) is 4.89. The summed E-state index contributed by atoms with van der Waals surface area (Å²) in [4.78, 5) is 35.7. The normalized spacial score (nSPS) is 25.1. The van der Waals surface area contributed by atoms with Crippen LogP contribution in [0.2, 0.25) is 0 Å². The van der Waals surface area contributed by atoms with Crippen LogP contribution in [0.25, 0.3) is 0 Å². The van der Waals surface area contributed by atoms with Crippen molar-refractivity contribution in [3.8, 4) is 0 Å². The Morgan fingerprint density at radius 2 is 2.00 bits per heavy atom. The van der Waals surface area contributed by atoms with Gasteiger partial charge in [0.15, 0.2) is 0 Å². The van der Waals surface area contributed by atoms with Crippen LogP contribution in [0.1, 0.15) is 38.5 Å². The molecule has 100 valence electrons. The van der Waals surface area contributed by atoms with Crippen molar-refractivity contribution in [1.29, 1.82) is 0 Å². The Labute approximate surface area is 105 Å². The van der Waals surface area contributed by atoms with E-state index in [0.29, 0.717) is 0 Å². The van der Waals surface area contributed by atoms with Crippen molar-refractivity contribution < 1.29 is 19.5 Å². The molecule has 18 heavy (non-hydrogen) atoms. The molecular formula is C12H18N2O4. The summed E-state index contributed by atoms with van der Waals surface area (Å²) in [7, 11) is 0. The van der Waals surface area contributed by atoms with Gasteiger partial charge in [0.2, 0.25) is 11.8 Å². The molecule has 6 nitrogen and oxygen atoms in total. The molecule has 2 aliphatic rings. The van der Waals surface area contributed by atoms with E-state index in [1.165, 1.54) is 4.90 Å². The van der Waals surface area contributed by atoms with E-state index in [-0.39, 0.29) is 37.2 Å². The molecule has 0 bridgehead atoms. The van der Waals surface area contributed by atoms with Crippen LogP contribution >= 0.6 is 0 Å². The number of amides is 2. The average Bonchev–Trinajstić information content (AvgIpc) is 2.88. The van der Waals surface area contributed by atoms with E-state index in [9.17, 15) is 14.4 Å². The molecule has 1 atom stereocenters. The molecule has 2 rings (SSSR count). The van der Waals surface area contributed by atoms with E-state index < -0.39 is 12.0 Å². The second-order valence-electron chi connectivity index (χ2n) is 4.89. The lowest BCUT2D eigenvalue weighted by atomic mass is 10.2. The van der Waals surface area contributed by atoms with Crippen LogP contribution in [0, 0.1) is 0 Å². The highest BCUT2D eigenvalue weighted by Gasteiger charge is 2.42. The molecule has 2 amide bonds. The van der Waals surface area contributed by atoms with Crippen LogP contribution in [-0.2, 0) is 14.4 Å². The van der Waals surface area contributed by atoms with Crippen molar-refractivity contribution in [3.05, 3.63) is 0 Å². The summed E-state index contributed by atoms with van der Waals surface area (Å²) in [6, 6.07) is -0.464. The molecule has 2 N–H and O–H groups in total. The van der Waals surface area contributed by atoms with Gasteiger partial charge in [0.25, 0.3) is 0 Å². The predicted octanol–water partition coefficient (Wildman–Crippen LogP) is 0.121. The van der Waals surface area contributed by atoms with Crippen LogP contribution < -0.4 is 5.32 Å². The van der Waals surface area contributed by atoms with Gasteiger partial charge < -0.3 is 10.4 Å². The molecule has 0 aromatic rings. The second kappa shape index (κ2) is 5.48. The van der Waals surface area contributed by atoms with Gasteiger partial charge in [-0.25, -0.2) is 0 Å². The number of carbonyl (C=O) groups excluding carboxylic acids is 2. The van der Waals surface area contributed by atoms with Gasteiger partial charge in [0.05, 0.1) is 18.9 Å². The largest absolute Gasteiger partial charge is 0.481 e. The Hall–Kier alpha value is -1.43. The number of imide groups is 1. The molecule has 1 saturated carbocycles. The third kappa shape index (κ3) is 2.69. The number of rotatable bonds is 5. The number of nitrogens with one attached hydrogen (secondary N) is 1. The number of hydrogen-bond donors (Lipinski definition) is 2. The average molecular weight is 254 g/mol. The molecule has 0 radical (unpaired) electrons. The summed E-state index contributed by atoms with van der Waals surface area (Å²) in [6.45, 7) is 0.220. The minimum absolute atomic E-state index is 0.0403. The molecule has 0 aromatic heterocycles. The lowest BCUT2D eigenvalue weighted by Crippen LogP contribution is -2.43. The first-order valence-corrected chi connectivity index (χ1v) is 6.40. The minimum Gasteiger partial charge on any atom is -0.481 e. The summed E-state index contributed by atoms with van der Waals surface area (Å²) in [6.07, 6.45) is 4.06. The van der Waals surface area contributed by atoms with Gasteiger partial charge in [-0.05, 0) is 12.8 Å². The van der Waals surface area contributed by atoms with Crippen molar-refractivity contribution in [2.45, 2.75) is 50.6 Å². The smallest absolute Gasteiger partial charge is 0.304 e. The zero-order chi connectivity index (χ0) is 13.1.